The Kier molecular flexibility index (Phi) is 7.95. The Labute approximate surface area is 181 Å². The van der Waals surface area contributed by atoms with E-state index in [1.807, 2.05) is 19.3 Å². The van der Waals surface area contributed by atoms with Gasteiger partial charge in [-0.2, -0.15) is 13.2 Å². The van der Waals surface area contributed by atoms with Gasteiger partial charge in [-0.15, -0.1) is 0 Å². The normalized spacial score (nSPS) is 16.0. The molecule has 0 spiro atoms. The molecule has 0 aliphatic carbocycles. The average molecular weight is 437 g/mol. The number of aryl methyl sites for hydroxylation is 2. The Hall–Kier alpha value is -2.55. The lowest BCUT2D eigenvalue weighted by molar-refractivity contribution is -0.137. The standard InChI is InChI=1S/C22H31F3N6/c1-18-27-10-12-30(18)11-4-3-9-28-21(26-2)31-15-13-29(14-16-31)17-19-5-7-20(8-6-19)22(23,24)25/h5-8,10,12H,3-4,9,11,13-17H2,1-2H3,(H,26,28). The van der Waals surface area contributed by atoms with Crippen molar-refractivity contribution >= 4 is 5.96 Å². The number of imidazole rings is 1. The van der Waals surface area contributed by atoms with Gasteiger partial charge in [0.2, 0.25) is 0 Å². The van der Waals surface area contributed by atoms with Gasteiger partial charge >= 0.3 is 6.18 Å². The van der Waals surface area contributed by atoms with Crippen molar-refractivity contribution in [2.24, 2.45) is 4.99 Å². The monoisotopic (exact) mass is 436 g/mol. The van der Waals surface area contributed by atoms with Crippen molar-refractivity contribution in [3.63, 3.8) is 0 Å². The summed E-state index contributed by atoms with van der Waals surface area (Å²) in [6.07, 6.45) is 1.66. The molecule has 1 saturated heterocycles. The number of aliphatic imine (C=N–C) groups is 1. The van der Waals surface area contributed by atoms with Gasteiger partial charge in [-0.25, -0.2) is 4.98 Å². The Balaban J connectivity index is 1.37. The zero-order chi connectivity index (χ0) is 22.3. The van der Waals surface area contributed by atoms with E-state index in [9.17, 15) is 13.2 Å². The molecule has 0 bridgehead atoms. The topological polar surface area (TPSA) is 48.7 Å². The summed E-state index contributed by atoms with van der Waals surface area (Å²) in [5.74, 6) is 1.95. The molecule has 0 unspecified atom stereocenters. The summed E-state index contributed by atoms with van der Waals surface area (Å²) in [7, 11) is 1.80. The third-order valence-corrected chi connectivity index (χ3v) is 5.60. The molecule has 2 heterocycles. The lowest BCUT2D eigenvalue weighted by Crippen LogP contribution is -2.52. The molecule has 1 N–H and O–H groups in total. The molecule has 9 heteroatoms. The number of nitrogens with one attached hydrogen (secondary N) is 1. The maximum Gasteiger partial charge on any atom is 0.416 e. The molecule has 0 radical (unpaired) electrons. The van der Waals surface area contributed by atoms with E-state index in [4.69, 9.17) is 0 Å². The molecule has 0 atom stereocenters. The fraction of sp³-hybridized carbons (Fsp3) is 0.545. The van der Waals surface area contributed by atoms with Crippen LogP contribution in [0.3, 0.4) is 0 Å². The number of benzene rings is 1. The van der Waals surface area contributed by atoms with E-state index < -0.39 is 11.7 Å². The van der Waals surface area contributed by atoms with Crippen LogP contribution in [-0.4, -0.2) is 65.1 Å². The first kappa shape index (κ1) is 23.1. The van der Waals surface area contributed by atoms with E-state index in [1.54, 1.807) is 19.2 Å². The van der Waals surface area contributed by atoms with Crippen molar-refractivity contribution in [2.45, 2.75) is 39.0 Å². The first-order valence-corrected chi connectivity index (χ1v) is 10.7. The van der Waals surface area contributed by atoms with Gasteiger partial charge in [0.1, 0.15) is 5.82 Å². The zero-order valence-electron chi connectivity index (χ0n) is 18.2. The highest BCUT2D eigenvalue weighted by Crippen LogP contribution is 2.29. The quantitative estimate of drug-likeness (QED) is 0.411. The van der Waals surface area contributed by atoms with Crippen LogP contribution in [0.4, 0.5) is 13.2 Å². The number of rotatable bonds is 7. The maximum atomic E-state index is 12.7. The van der Waals surface area contributed by atoms with Crippen LogP contribution in [0.5, 0.6) is 0 Å². The van der Waals surface area contributed by atoms with E-state index in [1.165, 1.54) is 0 Å². The van der Waals surface area contributed by atoms with E-state index in [0.29, 0.717) is 6.54 Å². The van der Waals surface area contributed by atoms with Crippen molar-refractivity contribution in [3.05, 3.63) is 53.6 Å². The highest BCUT2D eigenvalue weighted by atomic mass is 19.4. The second kappa shape index (κ2) is 10.7. The predicted octanol–water partition coefficient (Wildman–Crippen LogP) is 3.38. The fourth-order valence-electron chi connectivity index (χ4n) is 3.75. The van der Waals surface area contributed by atoms with Crippen LogP contribution >= 0.6 is 0 Å². The molecular weight excluding hydrogens is 405 g/mol. The van der Waals surface area contributed by atoms with Crippen LogP contribution in [0.15, 0.2) is 41.7 Å². The van der Waals surface area contributed by atoms with Crippen LogP contribution in [0.1, 0.15) is 29.8 Å². The molecule has 0 saturated carbocycles. The first-order valence-electron chi connectivity index (χ1n) is 10.7. The van der Waals surface area contributed by atoms with Crippen LogP contribution < -0.4 is 5.32 Å². The van der Waals surface area contributed by atoms with Crippen molar-refractivity contribution < 1.29 is 13.2 Å². The third kappa shape index (κ3) is 6.72. The second-order valence-corrected chi connectivity index (χ2v) is 7.81. The molecule has 1 aromatic heterocycles. The minimum atomic E-state index is -4.29. The molecular formula is C22H31F3N6. The highest BCUT2D eigenvalue weighted by molar-refractivity contribution is 5.79. The number of alkyl halides is 3. The maximum absolute atomic E-state index is 12.7. The van der Waals surface area contributed by atoms with Crippen molar-refractivity contribution in [3.8, 4) is 0 Å². The van der Waals surface area contributed by atoms with Crippen molar-refractivity contribution in [1.29, 1.82) is 0 Å². The van der Waals surface area contributed by atoms with Gasteiger partial charge in [0.25, 0.3) is 0 Å². The largest absolute Gasteiger partial charge is 0.416 e. The van der Waals surface area contributed by atoms with Crippen LogP contribution in [0, 0.1) is 6.92 Å². The number of nitrogens with zero attached hydrogens (tertiary/aromatic N) is 5. The molecule has 0 amide bonds. The third-order valence-electron chi connectivity index (χ3n) is 5.60. The molecule has 170 valence electrons. The summed E-state index contributed by atoms with van der Waals surface area (Å²) in [6, 6.07) is 5.46. The van der Waals surface area contributed by atoms with Gasteiger partial charge in [0, 0.05) is 65.3 Å². The number of unbranched alkanes of at least 4 members (excludes halogenated alkanes) is 1. The minimum Gasteiger partial charge on any atom is -0.356 e. The molecule has 1 fully saturated rings. The number of guanidine groups is 1. The van der Waals surface area contributed by atoms with E-state index in [0.717, 1.165) is 81.6 Å². The van der Waals surface area contributed by atoms with E-state index >= 15 is 0 Å². The number of halogens is 3. The average Bonchev–Trinajstić information content (AvgIpc) is 3.16. The van der Waals surface area contributed by atoms with Crippen LogP contribution in [0.2, 0.25) is 0 Å². The summed E-state index contributed by atoms with van der Waals surface area (Å²) in [5, 5.41) is 3.44. The van der Waals surface area contributed by atoms with Crippen molar-refractivity contribution in [2.75, 3.05) is 39.8 Å². The summed E-state index contributed by atoms with van der Waals surface area (Å²) in [5.41, 5.74) is 0.299. The number of piperazine rings is 1. The van der Waals surface area contributed by atoms with E-state index in [2.05, 4.69) is 29.7 Å². The summed E-state index contributed by atoms with van der Waals surface area (Å²) in [4.78, 5) is 13.1. The highest BCUT2D eigenvalue weighted by Gasteiger charge is 2.30. The second-order valence-electron chi connectivity index (χ2n) is 7.81. The van der Waals surface area contributed by atoms with Gasteiger partial charge in [0.05, 0.1) is 5.56 Å². The molecule has 1 aromatic carbocycles. The van der Waals surface area contributed by atoms with Gasteiger partial charge in [0.15, 0.2) is 5.96 Å². The van der Waals surface area contributed by atoms with Crippen LogP contribution in [0.25, 0.3) is 0 Å². The number of aromatic nitrogens is 2. The lowest BCUT2D eigenvalue weighted by atomic mass is 10.1. The smallest absolute Gasteiger partial charge is 0.356 e. The Bertz CT molecular complexity index is 836. The Morgan fingerprint density at radius 3 is 2.39 bits per heavy atom. The molecule has 1 aliphatic rings. The van der Waals surface area contributed by atoms with Crippen molar-refractivity contribution in [1.82, 2.24) is 24.7 Å². The summed E-state index contributed by atoms with van der Waals surface area (Å²) >= 11 is 0. The van der Waals surface area contributed by atoms with Gasteiger partial charge in [-0.05, 0) is 37.5 Å². The lowest BCUT2D eigenvalue weighted by Gasteiger charge is -2.36. The minimum absolute atomic E-state index is 0.601. The van der Waals surface area contributed by atoms with Crippen LogP contribution in [-0.2, 0) is 19.3 Å². The molecule has 31 heavy (non-hydrogen) atoms. The molecule has 6 nitrogen and oxygen atoms in total. The fourth-order valence-corrected chi connectivity index (χ4v) is 3.75. The SMILES string of the molecule is CN=C(NCCCCn1ccnc1C)N1CCN(Cc2ccc(C(F)(F)F)cc2)CC1. The summed E-state index contributed by atoms with van der Waals surface area (Å²) < 4.78 is 40.3. The molecule has 2 aromatic rings. The van der Waals surface area contributed by atoms with Gasteiger partial charge in [-0.3, -0.25) is 9.89 Å². The van der Waals surface area contributed by atoms with E-state index in [-0.39, 0.29) is 0 Å². The zero-order valence-corrected chi connectivity index (χ0v) is 18.2. The predicted molar refractivity (Wildman–Crippen MR) is 116 cm³/mol. The Morgan fingerprint density at radius 1 is 1.10 bits per heavy atom. The van der Waals surface area contributed by atoms with Gasteiger partial charge in [-0.1, -0.05) is 12.1 Å². The Morgan fingerprint density at radius 2 is 1.81 bits per heavy atom. The summed E-state index contributed by atoms with van der Waals surface area (Å²) in [6.45, 7) is 7.89. The molecule has 3 rings (SSSR count). The molecule has 1 aliphatic heterocycles. The first-order chi connectivity index (χ1) is 14.9. The van der Waals surface area contributed by atoms with Gasteiger partial charge < -0.3 is 14.8 Å². The number of hydrogen-bond donors (Lipinski definition) is 1. The number of hydrogen-bond acceptors (Lipinski definition) is 3.